The van der Waals surface area contributed by atoms with Crippen molar-refractivity contribution < 1.29 is 8.91 Å². The lowest BCUT2D eigenvalue weighted by Gasteiger charge is -2.12. The SMILES string of the molecule is C#Cc1ccc2c(c1)C(c1ccccc1F)=N[C@@H](C)c1c(-c3nc(CC)no3)ncn1-2. The number of aromatic nitrogens is 4. The maximum atomic E-state index is 14.8. The number of aliphatic imine (C=N–C) groups is 1. The number of aryl methyl sites for hydroxylation is 1. The van der Waals surface area contributed by atoms with Crippen molar-refractivity contribution in [1.82, 2.24) is 19.7 Å². The molecule has 6 nitrogen and oxygen atoms in total. The maximum Gasteiger partial charge on any atom is 0.278 e. The summed E-state index contributed by atoms with van der Waals surface area (Å²) in [5, 5.41) is 3.99. The fourth-order valence-electron chi connectivity index (χ4n) is 3.83. The third kappa shape index (κ3) is 3.04. The Morgan fingerprint density at radius 2 is 2.03 bits per heavy atom. The van der Waals surface area contributed by atoms with Crippen molar-refractivity contribution in [2.45, 2.75) is 26.3 Å². The van der Waals surface area contributed by atoms with E-state index in [0.717, 1.165) is 16.9 Å². The molecule has 0 N–H and O–H groups in total. The minimum absolute atomic E-state index is 0.337. The number of fused-ring (bicyclic) bond motifs is 3. The smallest absolute Gasteiger partial charge is 0.278 e. The third-order valence-corrected chi connectivity index (χ3v) is 5.32. The number of halogens is 1. The lowest BCUT2D eigenvalue weighted by Crippen LogP contribution is -2.09. The van der Waals surface area contributed by atoms with Crippen molar-refractivity contribution in [3.63, 3.8) is 0 Å². The monoisotopic (exact) mass is 411 g/mol. The molecular weight excluding hydrogens is 393 g/mol. The van der Waals surface area contributed by atoms with Crippen LogP contribution < -0.4 is 0 Å². The Kier molecular flexibility index (Phi) is 4.48. The molecule has 0 saturated heterocycles. The summed E-state index contributed by atoms with van der Waals surface area (Å²) < 4.78 is 22.1. The van der Waals surface area contributed by atoms with E-state index in [-0.39, 0.29) is 11.9 Å². The maximum absolute atomic E-state index is 14.8. The topological polar surface area (TPSA) is 69.1 Å². The molecule has 152 valence electrons. The number of terminal acetylenes is 1. The zero-order valence-corrected chi connectivity index (χ0v) is 17.0. The van der Waals surface area contributed by atoms with Gasteiger partial charge in [-0.15, -0.1) is 6.42 Å². The highest BCUT2D eigenvalue weighted by molar-refractivity contribution is 6.15. The average molecular weight is 411 g/mol. The molecule has 0 aliphatic carbocycles. The van der Waals surface area contributed by atoms with Gasteiger partial charge in [0.15, 0.2) is 11.5 Å². The highest BCUT2D eigenvalue weighted by Gasteiger charge is 2.29. The first-order chi connectivity index (χ1) is 15.1. The quantitative estimate of drug-likeness (QED) is 0.465. The van der Waals surface area contributed by atoms with Crippen LogP contribution in [0.25, 0.3) is 17.3 Å². The van der Waals surface area contributed by atoms with Crippen LogP contribution in [0.1, 0.15) is 48.1 Å². The first-order valence-electron chi connectivity index (χ1n) is 9.95. The summed E-state index contributed by atoms with van der Waals surface area (Å²) in [6, 6.07) is 11.8. The average Bonchev–Trinajstić information content (AvgIpc) is 3.42. The summed E-state index contributed by atoms with van der Waals surface area (Å²) in [5.41, 5.74) is 4.51. The lowest BCUT2D eigenvalue weighted by molar-refractivity contribution is 0.421. The van der Waals surface area contributed by atoms with Gasteiger partial charge in [-0.1, -0.05) is 30.1 Å². The van der Waals surface area contributed by atoms with Crippen molar-refractivity contribution in [1.29, 1.82) is 0 Å². The van der Waals surface area contributed by atoms with Crippen LogP contribution in [0.15, 0.2) is 58.3 Å². The van der Waals surface area contributed by atoms with Gasteiger partial charge in [0.1, 0.15) is 12.1 Å². The zero-order chi connectivity index (χ0) is 21.5. The molecule has 0 saturated carbocycles. The molecule has 31 heavy (non-hydrogen) atoms. The van der Waals surface area contributed by atoms with Gasteiger partial charge in [-0.2, -0.15) is 4.98 Å². The van der Waals surface area contributed by atoms with E-state index >= 15 is 0 Å². The van der Waals surface area contributed by atoms with Crippen molar-refractivity contribution in [2.75, 3.05) is 0 Å². The standard InChI is InChI=1S/C24H18FN5O/c1-4-15-10-11-19-17(12-15)21(16-8-6-7-9-18(16)25)27-14(3)23-22(26-13-30(19)23)24-28-20(5-2)29-31-24/h1,6-14H,5H2,2-3H3/t14-/m0/s1. The van der Waals surface area contributed by atoms with Gasteiger partial charge in [0, 0.05) is 23.1 Å². The van der Waals surface area contributed by atoms with Crippen LogP contribution in [0, 0.1) is 18.2 Å². The molecule has 7 heteroatoms. The molecule has 0 unspecified atom stereocenters. The minimum atomic E-state index is -0.356. The molecule has 2 aromatic heterocycles. The van der Waals surface area contributed by atoms with Gasteiger partial charge in [-0.05, 0) is 37.3 Å². The molecule has 4 aromatic rings. The van der Waals surface area contributed by atoms with E-state index in [2.05, 4.69) is 21.0 Å². The van der Waals surface area contributed by atoms with Crippen molar-refractivity contribution >= 4 is 5.71 Å². The van der Waals surface area contributed by atoms with Gasteiger partial charge in [0.05, 0.1) is 23.1 Å². The van der Waals surface area contributed by atoms with Crippen LogP contribution in [0.4, 0.5) is 4.39 Å². The molecule has 1 aliphatic heterocycles. The molecule has 0 spiro atoms. The predicted molar refractivity (Wildman–Crippen MR) is 115 cm³/mol. The van der Waals surface area contributed by atoms with Crippen LogP contribution in [0.5, 0.6) is 0 Å². The first kappa shape index (κ1) is 18.9. The second-order valence-corrected chi connectivity index (χ2v) is 7.23. The summed E-state index contributed by atoms with van der Waals surface area (Å²) in [6.45, 7) is 3.89. The molecule has 2 aromatic carbocycles. The van der Waals surface area contributed by atoms with Crippen LogP contribution in [0.3, 0.4) is 0 Å². The van der Waals surface area contributed by atoms with Crippen molar-refractivity contribution in [3.05, 3.63) is 82.8 Å². The van der Waals surface area contributed by atoms with Crippen molar-refractivity contribution in [3.8, 4) is 29.6 Å². The van der Waals surface area contributed by atoms with E-state index in [1.807, 2.05) is 36.6 Å². The molecule has 0 amide bonds. The second-order valence-electron chi connectivity index (χ2n) is 7.23. The molecular formula is C24H18FN5O. The summed E-state index contributed by atoms with van der Waals surface area (Å²) in [4.78, 5) is 13.9. The number of hydrogen-bond donors (Lipinski definition) is 0. The van der Waals surface area contributed by atoms with E-state index in [1.165, 1.54) is 6.07 Å². The van der Waals surface area contributed by atoms with E-state index in [0.29, 0.717) is 40.7 Å². The molecule has 0 fully saturated rings. The van der Waals surface area contributed by atoms with Gasteiger partial charge in [-0.25, -0.2) is 9.37 Å². The molecule has 5 rings (SSSR count). The van der Waals surface area contributed by atoms with E-state index in [4.69, 9.17) is 15.9 Å². The van der Waals surface area contributed by atoms with E-state index < -0.39 is 0 Å². The number of rotatable bonds is 3. The summed E-state index contributed by atoms with van der Waals surface area (Å²) in [7, 11) is 0. The highest BCUT2D eigenvalue weighted by Crippen LogP contribution is 2.36. The molecule has 3 heterocycles. The summed E-state index contributed by atoms with van der Waals surface area (Å²) in [6.07, 6.45) is 8.00. The Bertz CT molecular complexity index is 1370. The summed E-state index contributed by atoms with van der Waals surface area (Å²) >= 11 is 0. The fraction of sp³-hybridized carbons (Fsp3) is 0.167. The number of nitrogens with zero attached hydrogens (tertiary/aromatic N) is 5. The van der Waals surface area contributed by atoms with Crippen LogP contribution in [0.2, 0.25) is 0 Å². The largest absolute Gasteiger partial charge is 0.332 e. The Hall–Kier alpha value is -4.05. The third-order valence-electron chi connectivity index (χ3n) is 5.32. The Morgan fingerprint density at radius 3 is 2.77 bits per heavy atom. The number of hydrogen-bond acceptors (Lipinski definition) is 5. The van der Waals surface area contributed by atoms with Gasteiger partial charge in [0.2, 0.25) is 0 Å². The van der Waals surface area contributed by atoms with Gasteiger partial charge < -0.3 is 4.52 Å². The zero-order valence-electron chi connectivity index (χ0n) is 17.0. The Morgan fingerprint density at radius 1 is 1.19 bits per heavy atom. The Labute approximate surface area is 178 Å². The highest BCUT2D eigenvalue weighted by atomic mass is 19.1. The second kappa shape index (κ2) is 7.33. The fourth-order valence-corrected chi connectivity index (χ4v) is 3.83. The van der Waals surface area contributed by atoms with Gasteiger partial charge in [0.25, 0.3) is 5.89 Å². The molecule has 1 aliphatic rings. The van der Waals surface area contributed by atoms with E-state index in [9.17, 15) is 4.39 Å². The lowest BCUT2D eigenvalue weighted by atomic mass is 9.98. The molecule has 0 radical (unpaired) electrons. The Balaban J connectivity index is 1.79. The summed E-state index contributed by atoms with van der Waals surface area (Å²) in [5.74, 6) is 3.25. The van der Waals surface area contributed by atoms with Crippen LogP contribution in [-0.2, 0) is 6.42 Å². The van der Waals surface area contributed by atoms with Gasteiger partial charge >= 0.3 is 0 Å². The minimum Gasteiger partial charge on any atom is -0.332 e. The van der Waals surface area contributed by atoms with E-state index in [1.54, 1.807) is 24.5 Å². The molecule has 0 bridgehead atoms. The normalized spacial score (nSPS) is 14.9. The number of benzene rings is 2. The molecule has 1 atom stereocenters. The van der Waals surface area contributed by atoms with Crippen molar-refractivity contribution in [2.24, 2.45) is 4.99 Å². The first-order valence-corrected chi connectivity index (χ1v) is 9.95. The van der Waals surface area contributed by atoms with Gasteiger partial charge in [-0.3, -0.25) is 9.56 Å². The number of imidazole rings is 1. The predicted octanol–water partition coefficient (Wildman–Crippen LogP) is 4.52. The van der Waals surface area contributed by atoms with Crippen LogP contribution in [-0.4, -0.2) is 25.4 Å². The van der Waals surface area contributed by atoms with Crippen LogP contribution >= 0.6 is 0 Å².